The Morgan fingerprint density at radius 2 is 1.84 bits per heavy atom. The normalized spacial score (nSPS) is 10.9. The lowest BCUT2D eigenvalue weighted by Crippen LogP contribution is -2.32. The first-order valence-electron chi connectivity index (χ1n) is 6.12. The first-order chi connectivity index (χ1) is 9.00. The van der Waals surface area contributed by atoms with Gasteiger partial charge in [0.25, 0.3) is 5.56 Å². The number of rotatable bonds is 3. The number of hydrogen-bond acceptors (Lipinski definition) is 3. The zero-order valence-corrected chi connectivity index (χ0v) is 10.9. The van der Waals surface area contributed by atoms with Crippen LogP contribution in [-0.2, 0) is 6.54 Å². The molecule has 0 aliphatic heterocycles. The van der Waals surface area contributed by atoms with Crippen molar-refractivity contribution in [3.63, 3.8) is 0 Å². The predicted molar refractivity (Wildman–Crippen MR) is 73.3 cm³/mol. The van der Waals surface area contributed by atoms with E-state index in [0.717, 1.165) is 0 Å². The number of aromatic nitrogens is 2. The van der Waals surface area contributed by atoms with Crippen LogP contribution in [0.3, 0.4) is 0 Å². The van der Waals surface area contributed by atoms with Gasteiger partial charge in [-0.25, -0.2) is 4.79 Å². The van der Waals surface area contributed by atoms with Gasteiger partial charge in [0.05, 0.1) is 0 Å². The Labute approximate surface area is 110 Å². The molecule has 0 bridgehead atoms. The van der Waals surface area contributed by atoms with Crippen molar-refractivity contribution in [2.75, 3.05) is 0 Å². The summed E-state index contributed by atoms with van der Waals surface area (Å²) < 4.78 is 1.19. The zero-order valence-electron chi connectivity index (χ0n) is 10.9. The molecule has 0 unspecified atom stereocenters. The topological polar surface area (TPSA) is 75.1 Å². The van der Waals surface area contributed by atoms with E-state index in [1.807, 2.05) is 19.9 Å². The van der Waals surface area contributed by atoms with Gasteiger partial charge in [0.1, 0.15) is 5.56 Å². The number of H-pyrrole nitrogens is 1. The second-order valence-electron chi connectivity index (χ2n) is 4.83. The van der Waals surface area contributed by atoms with Gasteiger partial charge in [0.15, 0.2) is 0 Å². The van der Waals surface area contributed by atoms with E-state index in [4.69, 9.17) is 0 Å². The van der Waals surface area contributed by atoms with E-state index in [-0.39, 0.29) is 17.4 Å². The highest BCUT2D eigenvalue weighted by Gasteiger charge is 2.16. The smallest absolute Gasteiger partial charge is 0.331 e. The molecule has 0 saturated heterocycles. The van der Waals surface area contributed by atoms with Crippen molar-refractivity contribution in [1.82, 2.24) is 9.55 Å². The molecular formula is C14H16N2O3. The fraction of sp³-hybridized carbons (Fsp3) is 0.286. The summed E-state index contributed by atoms with van der Waals surface area (Å²) in [6.45, 7) is 4.21. The van der Waals surface area contributed by atoms with Crippen molar-refractivity contribution < 1.29 is 5.11 Å². The summed E-state index contributed by atoms with van der Waals surface area (Å²) in [6.07, 6.45) is 0. The first-order valence-corrected chi connectivity index (χ1v) is 6.12. The Bertz CT molecular complexity index is 684. The average molecular weight is 260 g/mol. The van der Waals surface area contributed by atoms with E-state index in [9.17, 15) is 14.7 Å². The molecule has 19 heavy (non-hydrogen) atoms. The number of benzene rings is 1. The molecule has 0 atom stereocenters. The minimum absolute atomic E-state index is 0.126. The molecule has 1 heterocycles. The van der Waals surface area contributed by atoms with Crippen LogP contribution >= 0.6 is 0 Å². The molecule has 0 saturated carbocycles. The molecule has 2 aromatic rings. The second-order valence-corrected chi connectivity index (χ2v) is 4.83. The van der Waals surface area contributed by atoms with Crippen LogP contribution in [0.25, 0.3) is 11.1 Å². The monoisotopic (exact) mass is 260 g/mol. The highest BCUT2D eigenvalue weighted by Crippen LogP contribution is 2.23. The molecule has 5 nitrogen and oxygen atoms in total. The maximum absolute atomic E-state index is 11.9. The Morgan fingerprint density at radius 1 is 1.21 bits per heavy atom. The van der Waals surface area contributed by atoms with Crippen LogP contribution in [-0.4, -0.2) is 14.7 Å². The standard InChI is InChI=1S/C14H16N2O3/c1-9(2)8-16-13(18)11(12(17)15-14(16)19)10-6-4-3-5-7-10/h3-7,9,18H,8H2,1-2H3,(H,15,17,19). The third-order valence-electron chi connectivity index (χ3n) is 2.78. The SMILES string of the molecule is CC(C)Cn1c(O)c(-c2ccccc2)c(=O)[nH]c1=O. The van der Waals surface area contributed by atoms with Crippen LogP contribution in [0.2, 0.25) is 0 Å². The summed E-state index contributed by atoms with van der Waals surface area (Å²) in [5.74, 6) is -0.105. The molecule has 0 aliphatic carbocycles. The lowest BCUT2D eigenvalue weighted by atomic mass is 10.1. The highest BCUT2D eigenvalue weighted by atomic mass is 16.3. The van der Waals surface area contributed by atoms with Crippen LogP contribution in [0.15, 0.2) is 39.9 Å². The molecule has 0 spiro atoms. The van der Waals surface area contributed by atoms with Crippen LogP contribution in [0.1, 0.15) is 13.8 Å². The van der Waals surface area contributed by atoms with Gasteiger partial charge in [0, 0.05) is 6.54 Å². The van der Waals surface area contributed by atoms with Gasteiger partial charge < -0.3 is 5.11 Å². The van der Waals surface area contributed by atoms with E-state index in [2.05, 4.69) is 4.98 Å². The van der Waals surface area contributed by atoms with Crippen molar-refractivity contribution >= 4 is 0 Å². The summed E-state index contributed by atoms with van der Waals surface area (Å²) in [7, 11) is 0. The minimum atomic E-state index is -0.587. The number of aromatic amines is 1. The maximum Gasteiger partial charge on any atom is 0.331 e. The van der Waals surface area contributed by atoms with Gasteiger partial charge in [-0.1, -0.05) is 44.2 Å². The van der Waals surface area contributed by atoms with Crippen molar-refractivity contribution in [2.24, 2.45) is 5.92 Å². The van der Waals surface area contributed by atoms with E-state index in [0.29, 0.717) is 12.1 Å². The summed E-state index contributed by atoms with van der Waals surface area (Å²) in [5, 5.41) is 10.2. The summed E-state index contributed by atoms with van der Waals surface area (Å²) in [4.78, 5) is 25.8. The van der Waals surface area contributed by atoms with Crippen molar-refractivity contribution in [3.8, 4) is 17.0 Å². The Balaban J connectivity index is 2.69. The molecule has 1 aromatic carbocycles. The van der Waals surface area contributed by atoms with Crippen LogP contribution in [0.5, 0.6) is 5.88 Å². The van der Waals surface area contributed by atoms with E-state index in [1.54, 1.807) is 24.3 Å². The van der Waals surface area contributed by atoms with Crippen molar-refractivity contribution in [1.29, 1.82) is 0 Å². The first kappa shape index (κ1) is 13.1. The maximum atomic E-state index is 11.9. The molecule has 0 amide bonds. The van der Waals surface area contributed by atoms with Crippen LogP contribution < -0.4 is 11.2 Å². The molecule has 0 radical (unpaired) electrons. The molecular weight excluding hydrogens is 244 g/mol. The number of aromatic hydroxyl groups is 1. The van der Waals surface area contributed by atoms with Gasteiger partial charge in [-0.05, 0) is 11.5 Å². The molecule has 0 fully saturated rings. The summed E-state index contributed by atoms with van der Waals surface area (Å²) in [5.41, 5.74) is -0.454. The Hall–Kier alpha value is -2.30. The molecule has 2 N–H and O–H groups in total. The average Bonchev–Trinajstić information content (AvgIpc) is 2.35. The van der Waals surface area contributed by atoms with Gasteiger partial charge in [0.2, 0.25) is 5.88 Å². The lowest BCUT2D eigenvalue weighted by Gasteiger charge is -2.13. The van der Waals surface area contributed by atoms with Crippen molar-refractivity contribution in [3.05, 3.63) is 51.2 Å². The Morgan fingerprint density at radius 3 is 2.42 bits per heavy atom. The van der Waals surface area contributed by atoms with E-state index in [1.165, 1.54) is 4.57 Å². The van der Waals surface area contributed by atoms with E-state index >= 15 is 0 Å². The summed E-state index contributed by atoms with van der Waals surface area (Å²) in [6, 6.07) is 8.79. The molecule has 0 aliphatic rings. The van der Waals surface area contributed by atoms with Crippen LogP contribution in [0, 0.1) is 5.92 Å². The van der Waals surface area contributed by atoms with E-state index < -0.39 is 11.2 Å². The fourth-order valence-corrected chi connectivity index (χ4v) is 1.96. The highest BCUT2D eigenvalue weighted by molar-refractivity contribution is 5.67. The van der Waals surface area contributed by atoms with Gasteiger partial charge in [-0.15, -0.1) is 0 Å². The van der Waals surface area contributed by atoms with Gasteiger partial charge in [-0.2, -0.15) is 0 Å². The molecule has 5 heteroatoms. The number of hydrogen-bond donors (Lipinski definition) is 2. The fourth-order valence-electron chi connectivity index (χ4n) is 1.96. The Kier molecular flexibility index (Phi) is 3.55. The largest absolute Gasteiger partial charge is 0.494 e. The van der Waals surface area contributed by atoms with Gasteiger partial charge >= 0.3 is 5.69 Å². The number of nitrogens with zero attached hydrogens (tertiary/aromatic N) is 1. The second kappa shape index (κ2) is 5.14. The van der Waals surface area contributed by atoms with Crippen LogP contribution in [0.4, 0.5) is 0 Å². The predicted octanol–water partition coefficient (Wildman–Crippen LogP) is 1.57. The third-order valence-corrected chi connectivity index (χ3v) is 2.78. The lowest BCUT2D eigenvalue weighted by molar-refractivity contribution is 0.378. The van der Waals surface area contributed by atoms with Crippen molar-refractivity contribution in [2.45, 2.75) is 20.4 Å². The summed E-state index contributed by atoms with van der Waals surface area (Å²) >= 11 is 0. The molecule has 100 valence electrons. The third kappa shape index (κ3) is 2.59. The van der Waals surface area contributed by atoms with Gasteiger partial charge in [-0.3, -0.25) is 14.3 Å². The minimum Gasteiger partial charge on any atom is -0.494 e. The molecule has 1 aromatic heterocycles. The molecule has 2 rings (SSSR count). The quantitative estimate of drug-likeness (QED) is 0.879. The number of nitrogens with one attached hydrogen (secondary N) is 1. The zero-order chi connectivity index (χ0) is 14.0.